The van der Waals surface area contributed by atoms with Crippen LogP contribution in [0, 0.1) is 6.92 Å². The topological polar surface area (TPSA) is 88.2 Å². The third kappa shape index (κ3) is 2.79. The van der Waals surface area contributed by atoms with Gasteiger partial charge in [0.1, 0.15) is 6.04 Å². The molecule has 0 spiro atoms. The Morgan fingerprint density at radius 3 is 3.07 bits per heavy atom. The fourth-order valence-electron chi connectivity index (χ4n) is 0.941. The lowest BCUT2D eigenvalue weighted by Crippen LogP contribution is -2.38. The van der Waals surface area contributed by atoms with E-state index in [-0.39, 0.29) is 6.61 Å². The largest absolute Gasteiger partial charge is 0.394 e. The van der Waals surface area contributed by atoms with Crippen LogP contribution in [-0.2, 0) is 4.79 Å². The summed E-state index contributed by atoms with van der Waals surface area (Å²) in [6, 6.07) is 2.50. The van der Waals surface area contributed by atoms with E-state index in [1.54, 1.807) is 18.3 Å². The van der Waals surface area contributed by atoms with Gasteiger partial charge in [-0.2, -0.15) is 0 Å². The number of pyridine rings is 1. The number of anilines is 1. The Balaban J connectivity index is 2.65. The van der Waals surface area contributed by atoms with Crippen LogP contribution < -0.4 is 11.1 Å². The fraction of sp³-hybridized carbons (Fsp3) is 0.333. The van der Waals surface area contributed by atoms with E-state index in [9.17, 15) is 4.79 Å². The van der Waals surface area contributed by atoms with Crippen LogP contribution in [0.2, 0.25) is 0 Å². The summed E-state index contributed by atoms with van der Waals surface area (Å²) in [6.45, 7) is 1.46. The molecule has 0 fully saturated rings. The Morgan fingerprint density at radius 2 is 2.50 bits per heavy atom. The molecule has 76 valence electrons. The Kier molecular flexibility index (Phi) is 3.55. The van der Waals surface area contributed by atoms with Crippen molar-refractivity contribution >= 4 is 11.6 Å². The number of hydrogen-bond acceptors (Lipinski definition) is 4. The lowest BCUT2D eigenvalue weighted by molar-refractivity contribution is -0.118. The number of rotatable bonds is 3. The van der Waals surface area contributed by atoms with Crippen molar-refractivity contribution < 1.29 is 9.90 Å². The minimum absolute atomic E-state index is 0.365. The van der Waals surface area contributed by atoms with E-state index >= 15 is 0 Å². The van der Waals surface area contributed by atoms with Crippen LogP contribution in [-0.4, -0.2) is 28.6 Å². The normalized spacial score (nSPS) is 12.2. The highest BCUT2D eigenvalue weighted by atomic mass is 16.3. The van der Waals surface area contributed by atoms with E-state index in [1.807, 2.05) is 6.92 Å². The van der Waals surface area contributed by atoms with Gasteiger partial charge in [0.2, 0.25) is 5.91 Å². The summed E-state index contributed by atoms with van der Waals surface area (Å²) in [4.78, 5) is 15.2. The third-order valence-corrected chi connectivity index (χ3v) is 1.70. The molecule has 0 aliphatic heterocycles. The summed E-state index contributed by atoms with van der Waals surface area (Å²) in [6.07, 6.45) is 1.59. The molecule has 1 atom stereocenters. The molecule has 0 radical (unpaired) electrons. The summed E-state index contributed by atoms with van der Waals surface area (Å²) < 4.78 is 0. The average molecular weight is 195 g/mol. The van der Waals surface area contributed by atoms with Gasteiger partial charge in [0.05, 0.1) is 6.61 Å². The number of aromatic nitrogens is 1. The van der Waals surface area contributed by atoms with E-state index in [1.165, 1.54) is 0 Å². The SMILES string of the molecule is Cc1cc(NC(=O)C(N)CO)ccn1. The molecule has 1 rings (SSSR count). The second-order valence-corrected chi connectivity index (χ2v) is 2.96. The van der Waals surface area contributed by atoms with Gasteiger partial charge in [-0.15, -0.1) is 0 Å². The standard InChI is InChI=1S/C9H13N3O2/c1-6-4-7(2-3-11-6)12-9(14)8(10)5-13/h2-4,8,13H,5,10H2,1H3,(H,11,12,14). The zero-order valence-corrected chi connectivity index (χ0v) is 7.90. The lowest BCUT2D eigenvalue weighted by atomic mass is 10.3. The molecule has 1 unspecified atom stereocenters. The fourth-order valence-corrected chi connectivity index (χ4v) is 0.941. The molecule has 1 aromatic heterocycles. The van der Waals surface area contributed by atoms with Crippen LogP contribution in [0.5, 0.6) is 0 Å². The van der Waals surface area contributed by atoms with E-state index < -0.39 is 11.9 Å². The monoisotopic (exact) mass is 195 g/mol. The molecule has 0 bridgehead atoms. The van der Waals surface area contributed by atoms with Crippen molar-refractivity contribution in [2.24, 2.45) is 5.73 Å². The van der Waals surface area contributed by atoms with Crippen molar-refractivity contribution in [2.75, 3.05) is 11.9 Å². The number of nitrogens with zero attached hydrogens (tertiary/aromatic N) is 1. The first-order valence-electron chi connectivity index (χ1n) is 4.23. The van der Waals surface area contributed by atoms with Crippen LogP contribution in [0.4, 0.5) is 5.69 Å². The van der Waals surface area contributed by atoms with Gasteiger partial charge >= 0.3 is 0 Å². The number of nitrogens with one attached hydrogen (secondary N) is 1. The van der Waals surface area contributed by atoms with Crippen molar-refractivity contribution in [3.8, 4) is 0 Å². The van der Waals surface area contributed by atoms with Gasteiger partial charge < -0.3 is 16.2 Å². The molecular weight excluding hydrogens is 182 g/mol. The maximum atomic E-state index is 11.2. The number of carbonyl (C=O) groups excluding carboxylic acids is 1. The number of nitrogens with two attached hydrogens (primary N) is 1. The molecule has 5 nitrogen and oxygen atoms in total. The molecule has 1 aromatic rings. The zero-order chi connectivity index (χ0) is 10.6. The summed E-state index contributed by atoms with van der Waals surface area (Å²) in [5.74, 6) is -0.405. The number of carbonyl (C=O) groups is 1. The first kappa shape index (κ1) is 10.6. The third-order valence-electron chi connectivity index (χ3n) is 1.70. The van der Waals surface area contributed by atoms with Gasteiger partial charge in [0.15, 0.2) is 0 Å². The van der Waals surface area contributed by atoms with Crippen LogP contribution in [0.15, 0.2) is 18.3 Å². The van der Waals surface area contributed by atoms with Crippen LogP contribution in [0.25, 0.3) is 0 Å². The second kappa shape index (κ2) is 4.69. The Bertz CT molecular complexity index is 328. The van der Waals surface area contributed by atoms with Crippen molar-refractivity contribution in [1.82, 2.24) is 4.98 Å². The maximum Gasteiger partial charge on any atom is 0.243 e. The number of aryl methyl sites for hydroxylation is 1. The van der Waals surface area contributed by atoms with Gasteiger partial charge in [-0.25, -0.2) is 0 Å². The minimum atomic E-state index is -0.886. The second-order valence-electron chi connectivity index (χ2n) is 2.96. The van der Waals surface area contributed by atoms with Crippen LogP contribution in [0.1, 0.15) is 5.69 Å². The number of aliphatic hydroxyl groups is 1. The van der Waals surface area contributed by atoms with Crippen molar-refractivity contribution in [1.29, 1.82) is 0 Å². The lowest BCUT2D eigenvalue weighted by Gasteiger charge is -2.09. The molecule has 1 heterocycles. The van der Waals surface area contributed by atoms with Gasteiger partial charge in [-0.3, -0.25) is 9.78 Å². The van der Waals surface area contributed by atoms with Crippen molar-refractivity contribution in [2.45, 2.75) is 13.0 Å². The predicted octanol–water partition coefficient (Wildman–Crippen LogP) is -0.352. The highest BCUT2D eigenvalue weighted by Crippen LogP contribution is 2.06. The van der Waals surface area contributed by atoms with Crippen molar-refractivity contribution in [3.63, 3.8) is 0 Å². The highest BCUT2D eigenvalue weighted by Gasteiger charge is 2.11. The molecule has 0 saturated carbocycles. The molecule has 0 aliphatic rings. The molecule has 0 saturated heterocycles. The van der Waals surface area contributed by atoms with Gasteiger partial charge in [0.25, 0.3) is 0 Å². The highest BCUT2D eigenvalue weighted by molar-refractivity contribution is 5.94. The van der Waals surface area contributed by atoms with Crippen LogP contribution >= 0.6 is 0 Å². The molecule has 5 heteroatoms. The quantitative estimate of drug-likeness (QED) is 0.615. The smallest absolute Gasteiger partial charge is 0.243 e. The molecule has 4 N–H and O–H groups in total. The van der Waals surface area contributed by atoms with Gasteiger partial charge in [-0.1, -0.05) is 0 Å². The zero-order valence-electron chi connectivity index (χ0n) is 7.90. The van der Waals surface area contributed by atoms with E-state index in [2.05, 4.69) is 10.3 Å². The first-order valence-corrected chi connectivity index (χ1v) is 4.23. The van der Waals surface area contributed by atoms with Crippen molar-refractivity contribution in [3.05, 3.63) is 24.0 Å². The van der Waals surface area contributed by atoms with Gasteiger partial charge in [-0.05, 0) is 19.1 Å². The molecule has 0 aromatic carbocycles. The number of hydrogen-bond donors (Lipinski definition) is 3. The summed E-state index contributed by atoms with van der Waals surface area (Å²) >= 11 is 0. The van der Waals surface area contributed by atoms with E-state index in [4.69, 9.17) is 10.8 Å². The van der Waals surface area contributed by atoms with E-state index in [0.29, 0.717) is 5.69 Å². The molecular formula is C9H13N3O2. The predicted molar refractivity (Wildman–Crippen MR) is 52.7 cm³/mol. The van der Waals surface area contributed by atoms with Crippen LogP contribution in [0.3, 0.4) is 0 Å². The molecule has 0 aliphatic carbocycles. The average Bonchev–Trinajstić information content (AvgIpc) is 2.16. The Morgan fingerprint density at radius 1 is 1.79 bits per heavy atom. The first-order chi connectivity index (χ1) is 6.63. The summed E-state index contributed by atoms with van der Waals surface area (Å²) in [5, 5.41) is 11.2. The van der Waals surface area contributed by atoms with E-state index in [0.717, 1.165) is 5.69 Å². The molecule has 14 heavy (non-hydrogen) atoms. The summed E-state index contributed by atoms with van der Waals surface area (Å²) in [5.41, 5.74) is 6.76. The number of aliphatic hydroxyl groups excluding tert-OH is 1. The number of amides is 1. The minimum Gasteiger partial charge on any atom is -0.394 e. The Labute approximate surface area is 82.0 Å². The summed E-state index contributed by atoms with van der Waals surface area (Å²) in [7, 11) is 0. The van der Waals surface area contributed by atoms with Gasteiger partial charge in [0, 0.05) is 17.6 Å². The maximum absolute atomic E-state index is 11.2. The Hall–Kier alpha value is -1.46. The molecule has 1 amide bonds.